The number of rotatable bonds is 10. The van der Waals surface area contributed by atoms with Crippen molar-refractivity contribution in [1.29, 1.82) is 0 Å². The van der Waals surface area contributed by atoms with Crippen LogP contribution in [0.3, 0.4) is 0 Å². The van der Waals surface area contributed by atoms with Crippen LogP contribution in [0, 0.1) is 0 Å². The summed E-state index contributed by atoms with van der Waals surface area (Å²) in [7, 11) is 0. The van der Waals surface area contributed by atoms with Crippen molar-refractivity contribution in [2.45, 2.75) is 19.9 Å². The highest BCUT2D eigenvalue weighted by atomic mass is 127. The lowest BCUT2D eigenvalue weighted by Crippen LogP contribution is -2.39. The van der Waals surface area contributed by atoms with E-state index in [9.17, 15) is 0 Å². The minimum absolute atomic E-state index is 0. The highest BCUT2D eigenvalue weighted by Crippen LogP contribution is 2.23. The lowest BCUT2D eigenvalue weighted by Gasteiger charge is -2.26. The van der Waals surface area contributed by atoms with Crippen LogP contribution in [-0.4, -0.2) is 61.8 Å². The number of guanidine groups is 1. The third-order valence-corrected chi connectivity index (χ3v) is 4.65. The second-order valence-corrected chi connectivity index (χ2v) is 6.94. The van der Waals surface area contributed by atoms with Gasteiger partial charge in [0.25, 0.3) is 0 Å². The molecule has 9 heteroatoms. The fourth-order valence-electron chi connectivity index (χ4n) is 3.07. The number of morpholine rings is 1. The number of hydrogen-bond acceptors (Lipinski definition) is 6. The Bertz CT molecular complexity index is 798. The molecule has 0 unspecified atom stereocenters. The van der Waals surface area contributed by atoms with Crippen molar-refractivity contribution >= 4 is 29.9 Å². The van der Waals surface area contributed by atoms with Gasteiger partial charge in [-0.2, -0.15) is 0 Å². The molecule has 0 amide bonds. The Morgan fingerprint density at radius 3 is 2.68 bits per heavy atom. The van der Waals surface area contributed by atoms with Crippen LogP contribution < -0.4 is 20.5 Å². The quantitative estimate of drug-likeness (QED) is 0.207. The predicted octanol–water partition coefficient (Wildman–Crippen LogP) is 3.02. The number of aromatic nitrogens is 1. The van der Waals surface area contributed by atoms with Crippen molar-refractivity contribution in [3.05, 3.63) is 48.2 Å². The van der Waals surface area contributed by atoms with Gasteiger partial charge in [0, 0.05) is 31.9 Å². The molecule has 1 fully saturated rings. The number of nitrogens with one attached hydrogen (secondary N) is 1. The number of nitrogens with zero attached hydrogens (tertiary/aromatic N) is 3. The monoisotopic (exact) mass is 541 g/mol. The number of pyridine rings is 1. The maximum Gasteiger partial charge on any atom is 0.219 e. The first-order chi connectivity index (χ1) is 14.7. The summed E-state index contributed by atoms with van der Waals surface area (Å²) in [5.41, 5.74) is 6.96. The first-order valence-corrected chi connectivity index (χ1v) is 10.4. The van der Waals surface area contributed by atoms with E-state index in [0.29, 0.717) is 30.7 Å². The molecule has 3 N–H and O–H groups in total. The number of nitrogens with two attached hydrogens (primary N) is 1. The van der Waals surface area contributed by atoms with Crippen LogP contribution in [0.25, 0.3) is 0 Å². The Morgan fingerprint density at radius 1 is 1.19 bits per heavy atom. The molecule has 0 aliphatic carbocycles. The van der Waals surface area contributed by atoms with Gasteiger partial charge in [-0.3, -0.25) is 4.90 Å². The zero-order chi connectivity index (χ0) is 21.0. The van der Waals surface area contributed by atoms with Crippen molar-refractivity contribution in [2.24, 2.45) is 10.7 Å². The summed E-state index contributed by atoms with van der Waals surface area (Å²) in [5, 5.41) is 3.17. The normalized spacial score (nSPS) is 14.5. The summed E-state index contributed by atoms with van der Waals surface area (Å²) in [4.78, 5) is 11.1. The largest absolute Gasteiger partial charge is 0.494 e. The summed E-state index contributed by atoms with van der Waals surface area (Å²) in [6.07, 6.45) is 2.73. The van der Waals surface area contributed by atoms with Crippen molar-refractivity contribution in [1.82, 2.24) is 15.2 Å². The van der Waals surface area contributed by atoms with Crippen molar-refractivity contribution < 1.29 is 14.2 Å². The third-order valence-electron chi connectivity index (χ3n) is 4.65. The van der Waals surface area contributed by atoms with E-state index in [1.165, 1.54) is 0 Å². The molecule has 170 valence electrons. The molecule has 1 aliphatic rings. The second kappa shape index (κ2) is 14.0. The molecule has 0 radical (unpaired) electrons. The van der Waals surface area contributed by atoms with Crippen LogP contribution in [0.15, 0.2) is 47.6 Å². The molecule has 1 aliphatic heterocycles. The molecule has 0 bridgehead atoms. The maximum absolute atomic E-state index is 5.99. The van der Waals surface area contributed by atoms with Crippen LogP contribution in [0.1, 0.15) is 18.9 Å². The topological polar surface area (TPSA) is 94.2 Å². The van der Waals surface area contributed by atoms with Gasteiger partial charge in [0.05, 0.1) is 26.4 Å². The molecule has 1 aromatic heterocycles. The molecule has 1 aromatic carbocycles. The highest BCUT2D eigenvalue weighted by Gasteiger charge is 2.09. The van der Waals surface area contributed by atoms with Gasteiger partial charge in [0.1, 0.15) is 11.5 Å². The lowest BCUT2D eigenvalue weighted by molar-refractivity contribution is 0.0376. The van der Waals surface area contributed by atoms with Gasteiger partial charge in [-0.1, -0.05) is 0 Å². The fourth-order valence-corrected chi connectivity index (χ4v) is 3.07. The minimum atomic E-state index is 0. The average molecular weight is 541 g/mol. The van der Waals surface area contributed by atoms with Gasteiger partial charge in [0.15, 0.2) is 5.96 Å². The van der Waals surface area contributed by atoms with Crippen molar-refractivity contribution in [3.8, 4) is 17.4 Å². The first-order valence-electron chi connectivity index (χ1n) is 10.4. The standard InChI is InChI=1S/C22H31N5O3.HI/c1-2-29-19-4-6-20(7-5-19)30-21-16-18(8-10-24-21)17-26-22(23)25-9-3-11-27-12-14-28-15-13-27;/h4-8,10,16H,2-3,9,11-15,17H2,1H3,(H3,23,25,26);1H. The Balaban J connectivity index is 0.00000341. The van der Waals surface area contributed by atoms with Crippen LogP contribution in [0.4, 0.5) is 0 Å². The van der Waals surface area contributed by atoms with E-state index in [2.05, 4.69) is 20.2 Å². The van der Waals surface area contributed by atoms with Crippen molar-refractivity contribution in [3.63, 3.8) is 0 Å². The molecule has 2 aromatic rings. The Kier molecular flexibility index (Phi) is 11.4. The molecule has 0 atom stereocenters. The first kappa shape index (κ1) is 25.2. The Morgan fingerprint density at radius 2 is 1.94 bits per heavy atom. The molecule has 31 heavy (non-hydrogen) atoms. The van der Waals surface area contributed by atoms with Gasteiger partial charge >= 0.3 is 0 Å². The Labute approximate surface area is 201 Å². The van der Waals surface area contributed by atoms with E-state index in [1.54, 1.807) is 6.20 Å². The van der Waals surface area contributed by atoms with Gasteiger partial charge in [-0.25, -0.2) is 9.98 Å². The summed E-state index contributed by atoms with van der Waals surface area (Å²) < 4.78 is 16.6. The molecule has 0 saturated carbocycles. The maximum atomic E-state index is 5.99. The number of ether oxygens (including phenoxy) is 3. The van der Waals surface area contributed by atoms with Crippen molar-refractivity contribution in [2.75, 3.05) is 46.0 Å². The molecule has 0 spiro atoms. The third kappa shape index (κ3) is 9.28. The van der Waals surface area contributed by atoms with Gasteiger partial charge < -0.3 is 25.3 Å². The van der Waals surface area contributed by atoms with Gasteiger partial charge in [-0.05, 0) is 55.8 Å². The summed E-state index contributed by atoms with van der Waals surface area (Å²) in [6.45, 7) is 8.56. The van der Waals surface area contributed by atoms with E-state index in [-0.39, 0.29) is 24.0 Å². The van der Waals surface area contributed by atoms with Gasteiger partial charge in [0.2, 0.25) is 5.88 Å². The van der Waals surface area contributed by atoms with Crippen LogP contribution in [0.2, 0.25) is 0 Å². The predicted molar refractivity (Wildman–Crippen MR) is 133 cm³/mol. The molecule has 8 nitrogen and oxygen atoms in total. The van der Waals surface area contributed by atoms with E-state index < -0.39 is 0 Å². The van der Waals surface area contributed by atoms with Crippen LogP contribution >= 0.6 is 24.0 Å². The van der Waals surface area contributed by atoms with Crippen LogP contribution in [-0.2, 0) is 11.3 Å². The number of hydrogen-bond donors (Lipinski definition) is 2. The SMILES string of the molecule is CCOc1ccc(Oc2cc(CN=C(N)NCCCN3CCOCC3)ccn2)cc1.I. The van der Waals surface area contributed by atoms with E-state index in [4.69, 9.17) is 19.9 Å². The molecule has 2 heterocycles. The number of benzene rings is 1. The smallest absolute Gasteiger partial charge is 0.219 e. The lowest BCUT2D eigenvalue weighted by atomic mass is 10.2. The molecular weight excluding hydrogens is 509 g/mol. The van der Waals surface area contributed by atoms with E-state index >= 15 is 0 Å². The summed E-state index contributed by atoms with van der Waals surface area (Å²) in [6, 6.07) is 11.2. The fraction of sp³-hybridized carbons (Fsp3) is 0.455. The molecular formula is C22H32IN5O3. The Hall–Kier alpha value is -2.11. The van der Waals surface area contributed by atoms with E-state index in [1.807, 2.05) is 43.3 Å². The number of aliphatic imine (C=N–C) groups is 1. The molecule has 3 rings (SSSR count). The van der Waals surface area contributed by atoms with Crippen LogP contribution in [0.5, 0.6) is 17.4 Å². The zero-order valence-electron chi connectivity index (χ0n) is 18.0. The average Bonchev–Trinajstić information content (AvgIpc) is 2.78. The zero-order valence-corrected chi connectivity index (χ0v) is 20.3. The van der Waals surface area contributed by atoms with Gasteiger partial charge in [-0.15, -0.1) is 24.0 Å². The summed E-state index contributed by atoms with van der Waals surface area (Å²) in [5.74, 6) is 2.48. The highest BCUT2D eigenvalue weighted by molar-refractivity contribution is 14.0. The number of halogens is 1. The second-order valence-electron chi connectivity index (χ2n) is 6.94. The minimum Gasteiger partial charge on any atom is -0.494 e. The molecule has 1 saturated heterocycles. The summed E-state index contributed by atoms with van der Waals surface area (Å²) >= 11 is 0. The van der Waals surface area contributed by atoms with E-state index in [0.717, 1.165) is 57.1 Å².